The number of rotatable bonds is 4. The summed E-state index contributed by atoms with van der Waals surface area (Å²) < 4.78 is 46.3. The molecule has 16 heavy (non-hydrogen) atoms. The molecule has 0 aromatic heterocycles. The molecule has 1 N–H and O–H groups in total. The summed E-state index contributed by atoms with van der Waals surface area (Å²) in [4.78, 5) is 10.3. The van der Waals surface area contributed by atoms with Crippen molar-refractivity contribution in [3.05, 3.63) is 0 Å². The smallest absolute Gasteiger partial charge is 0.304 e. The van der Waals surface area contributed by atoms with E-state index in [0.717, 1.165) is 4.31 Å². The number of hydrogen-bond donors (Lipinski definition) is 1. The Balaban J connectivity index is 2.62. The molecule has 1 aliphatic rings. The van der Waals surface area contributed by atoms with E-state index in [-0.39, 0.29) is 24.6 Å². The van der Waals surface area contributed by atoms with Crippen LogP contribution in [-0.2, 0) is 24.7 Å². The highest BCUT2D eigenvalue weighted by atomic mass is 32.2. The number of nitrogens with zero attached hydrogens (tertiary/aromatic N) is 1. The van der Waals surface area contributed by atoms with Gasteiger partial charge in [-0.15, -0.1) is 0 Å². The summed E-state index contributed by atoms with van der Waals surface area (Å²) in [6.07, 6.45) is -0.467. The van der Waals surface area contributed by atoms with E-state index >= 15 is 0 Å². The number of sulfone groups is 1. The van der Waals surface area contributed by atoms with E-state index in [9.17, 15) is 21.6 Å². The monoisotopic (exact) mass is 271 g/mol. The molecule has 0 aromatic rings. The number of carboxylic acids is 1. The minimum absolute atomic E-state index is 0.0791. The van der Waals surface area contributed by atoms with Gasteiger partial charge in [-0.25, -0.2) is 16.8 Å². The molecule has 0 bridgehead atoms. The maximum atomic E-state index is 11.6. The lowest BCUT2D eigenvalue weighted by atomic mass is 10.5. The first-order valence-electron chi connectivity index (χ1n) is 4.63. The first kappa shape index (κ1) is 13.4. The lowest BCUT2D eigenvalue weighted by Crippen LogP contribution is -2.44. The Labute approximate surface area is 94.0 Å². The molecule has 1 aliphatic heterocycles. The van der Waals surface area contributed by atoms with Gasteiger partial charge in [-0.05, 0) is 0 Å². The summed E-state index contributed by atoms with van der Waals surface area (Å²) in [5, 5.41) is 8.38. The molecule has 94 valence electrons. The zero-order valence-corrected chi connectivity index (χ0v) is 10.1. The van der Waals surface area contributed by atoms with Gasteiger partial charge in [-0.3, -0.25) is 4.79 Å². The first-order chi connectivity index (χ1) is 7.23. The first-order valence-corrected chi connectivity index (χ1v) is 8.06. The molecule has 0 atom stereocenters. The van der Waals surface area contributed by atoms with Crippen LogP contribution in [0, 0.1) is 0 Å². The second kappa shape index (κ2) is 4.68. The minimum Gasteiger partial charge on any atom is -0.481 e. The summed E-state index contributed by atoms with van der Waals surface area (Å²) in [5.74, 6) is -2.06. The Kier molecular flexibility index (Phi) is 3.92. The van der Waals surface area contributed by atoms with Crippen molar-refractivity contribution in [3.63, 3.8) is 0 Å². The molecule has 1 saturated heterocycles. The van der Waals surface area contributed by atoms with E-state index in [4.69, 9.17) is 5.11 Å². The molecule has 0 aromatic carbocycles. The molecule has 9 heteroatoms. The summed E-state index contributed by atoms with van der Waals surface area (Å²) in [6.45, 7) is -0.158. The summed E-state index contributed by atoms with van der Waals surface area (Å²) in [7, 11) is -6.77. The topological polar surface area (TPSA) is 109 Å². The largest absolute Gasteiger partial charge is 0.481 e. The Morgan fingerprint density at radius 1 is 1.25 bits per heavy atom. The van der Waals surface area contributed by atoms with Crippen LogP contribution in [0.5, 0.6) is 0 Å². The molecular weight excluding hydrogens is 258 g/mol. The number of carbonyl (C=O) groups is 1. The van der Waals surface area contributed by atoms with Gasteiger partial charge >= 0.3 is 5.97 Å². The van der Waals surface area contributed by atoms with Crippen LogP contribution in [0.3, 0.4) is 0 Å². The van der Waals surface area contributed by atoms with Crippen molar-refractivity contribution in [2.24, 2.45) is 0 Å². The van der Waals surface area contributed by atoms with Gasteiger partial charge in [0.2, 0.25) is 10.0 Å². The minimum atomic E-state index is -3.64. The third-order valence-electron chi connectivity index (χ3n) is 2.27. The predicted octanol–water partition coefficient (Wildman–Crippen LogP) is -1.48. The standard InChI is InChI=1S/C7H13NO6S2/c9-7(10)1-4-16(13,14)8-2-5-15(11,12)6-3-8/h1-6H2,(H,9,10). The van der Waals surface area contributed by atoms with Crippen LogP contribution in [0.4, 0.5) is 0 Å². The average molecular weight is 271 g/mol. The van der Waals surface area contributed by atoms with Gasteiger partial charge in [0.05, 0.1) is 23.7 Å². The Morgan fingerprint density at radius 3 is 2.19 bits per heavy atom. The van der Waals surface area contributed by atoms with E-state index in [1.165, 1.54) is 0 Å². The number of carboxylic acid groups (broad SMARTS) is 1. The Morgan fingerprint density at radius 2 is 1.75 bits per heavy atom. The van der Waals surface area contributed by atoms with Crippen LogP contribution >= 0.6 is 0 Å². The van der Waals surface area contributed by atoms with Crippen LogP contribution in [0.15, 0.2) is 0 Å². The van der Waals surface area contributed by atoms with Crippen molar-refractivity contribution < 1.29 is 26.7 Å². The van der Waals surface area contributed by atoms with Gasteiger partial charge in [0.1, 0.15) is 0 Å². The fourth-order valence-corrected chi connectivity index (χ4v) is 4.18. The van der Waals surface area contributed by atoms with Gasteiger partial charge in [-0.2, -0.15) is 4.31 Å². The quantitative estimate of drug-likeness (QED) is 0.668. The maximum Gasteiger partial charge on any atom is 0.304 e. The van der Waals surface area contributed by atoms with Crippen molar-refractivity contribution in [3.8, 4) is 0 Å². The fraction of sp³-hybridized carbons (Fsp3) is 0.857. The number of sulfonamides is 1. The molecular formula is C7H13NO6S2. The third kappa shape index (κ3) is 3.72. The molecule has 1 rings (SSSR count). The number of hydrogen-bond acceptors (Lipinski definition) is 5. The summed E-state index contributed by atoms with van der Waals surface area (Å²) in [6, 6.07) is 0. The van der Waals surface area contributed by atoms with Gasteiger partial charge in [0, 0.05) is 13.1 Å². The van der Waals surface area contributed by atoms with Crippen molar-refractivity contribution in [2.45, 2.75) is 6.42 Å². The van der Waals surface area contributed by atoms with E-state index < -0.39 is 38.0 Å². The molecule has 0 saturated carbocycles. The molecule has 0 spiro atoms. The predicted molar refractivity (Wildman–Crippen MR) is 56.3 cm³/mol. The van der Waals surface area contributed by atoms with Crippen molar-refractivity contribution in [1.82, 2.24) is 4.31 Å². The lowest BCUT2D eigenvalue weighted by molar-refractivity contribution is -0.136. The molecule has 1 heterocycles. The Bertz CT molecular complexity index is 451. The lowest BCUT2D eigenvalue weighted by Gasteiger charge is -2.25. The van der Waals surface area contributed by atoms with Crippen LogP contribution in [0.2, 0.25) is 0 Å². The van der Waals surface area contributed by atoms with Crippen molar-refractivity contribution in [2.75, 3.05) is 30.3 Å². The molecule has 1 fully saturated rings. The van der Waals surface area contributed by atoms with Gasteiger partial charge in [0.25, 0.3) is 0 Å². The van der Waals surface area contributed by atoms with Crippen molar-refractivity contribution in [1.29, 1.82) is 0 Å². The highest BCUT2D eigenvalue weighted by Crippen LogP contribution is 2.10. The van der Waals surface area contributed by atoms with Crippen LogP contribution in [0.1, 0.15) is 6.42 Å². The highest BCUT2D eigenvalue weighted by Gasteiger charge is 2.29. The zero-order valence-electron chi connectivity index (χ0n) is 8.49. The summed E-state index contributed by atoms with van der Waals surface area (Å²) in [5.41, 5.74) is 0. The average Bonchev–Trinajstić information content (AvgIpc) is 2.14. The summed E-state index contributed by atoms with van der Waals surface area (Å²) >= 11 is 0. The van der Waals surface area contributed by atoms with Gasteiger partial charge < -0.3 is 5.11 Å². The van der Waals surface area contributed by atoms with E-state index in [2.05, 4.69) is 0 Å². The fourth-order valence-electron chi connectivity index (χ4n) is 1.32. The van der Waals surface area contributed by atoms with Crippen molar-refractivity contribution >= 4 is 25.8 Å². The zero-order chi connectivity index (χ0) is 12.4. The highest BCUT2D eigenvalue weighted by molar-refractivity contribution is 7.92. The van der Waals surface area contributed by atoms with E-state index in [1.807, 2.05) is 0 Å². The molecule has 0 amide bonds. The van der Waals surface area contributed by atoms with Crippen LogP contribution in [0.25, 0.3) is 0 Å². The van der Waals surface area contributed by atoms with Crippen LogP contribution < -0.4 is 0 Å². The second-order valence-corrected chi connectivity index (χ2v) is 7.90. The van der Waals surface area contributed by atoms with E-state index in [1.54, 1.807) is 0 Å². The van der Waals surface area contributed by atoms with Gasteiger partial charge in [-0.1, -0.05) is 0 Å². The second-order valence-electron chi connectivity index (χ2n) is 3.51. The maximum absolute atomic E-state index is 11.6. The third-order valence-corrected chi connectivity index (χ3v) is 5.75. The van der Waals surface area contributed by atoms with Crippen LogP contribution in [-0.4, -0.2) is 62.6 Å². The van der Waals surface area contributed by atoms with E-state index in [0.29, 0.717) is 0 Å². The SMILES string of the molecule is O=C(O)CCS(=O)(=O)N1CCS(=O)(=O)CC1. The Hall–Kier alpha value is -0.670. The molecule has 0 unspecified atom stereocenters. The molecule has 0 aliphatic carbocycles. The molecule has 0 radical (unpaired) electrons. The normalized spacial score (nSPS) is 21.8. The van der Waals surface area contributed by atoms with Gasteiger partial charge in [0.15, 0.2) is 9.84 Å². The molecule has 7 nitrogen and oxygen atoms in total. The number of aliphatic carboxylic acids is 1.